The Morgan fingerprint density at radius 3 is 2.45 bits per heavy atom. The zero-order chi connectivity index (χ0) is 15.9. The van der Waals surface area contributed by atoms with Crippen LogP contribution in [0.4, 0.5) is 0 Å². The van der Waals surface area contributed by atoms with Gasteiger partial charge in [0.2, 0.25) is 0 Å². The molecule has 0 bridgehead atoms. The number of furan rings is 1. The number of amides is 1. The molecule has 0 aliphatic carbocycles. The molecule has 7 nitrogen and oxygen atoms in total. The Morgan fingerprint density at radius 1 is 1.14 bits per heavy atom. The van der Waals surface area contributed by atoms with Gasteiger partial charge in [0.1, 0.15) is 5.75 Å². The van der Waals surface area contributed by atoms with E-state index in [2.05, 4.69) is 10.5 Å². The molecule has 0 aliphatic rings. The Balaban J connectivity index is 2.23. The molecule has 0 saturated heterocycles. The summed E-state index contributed by atoms with van der Waals surface area (Å²) in [5, 5.41) is 3.89. The number of hydrogen-bond donors (Lipinski definition) is 1. The molecule has 0 unspecified atom stereocenters. The minimum absolute atomic E-state index is 0.168. The van der Waals surface area contributed by atoms with Gasteiger partial charge in [0.25, 0.3) is 0 Å². The first-order chi connectivity index (χ1) is 10.7. The van der Waals surface area contributed by atoms with Crippen LogP contribution in [0.15, 0.2) is 40.0 Å². The number of nitrogens with one attached hydrogen (secondary N) is 1. The Hall–Kier alpha value is -2.96. The standard InChI is InChI=1S/C15H16N2O5/c1-19-11-6-7-12(20-2)14(21-3)10(11)9-16-17-15(18)13-5-4-8-22-13/h4-9H,1-3H3,(H,17,18). The van der Waals surface area contributed by atoms with Crippen LogP contribution in [0, 0.1) is 0 Å². The molecule has 0 atom stereocenters. The fraction of sp³-hybridized carbons (Fsp3) is 0.200. The molecule has 1 N–H and O–H groups in total. The zero-order valence-electron chi connectivity index (χ0n) is 12.5. The summed E-state index contributed by atoms with van der Waals surface area (Å²) in [6.45, 7) is 0. The largest absolute Gasteiger partial charge is 0.496 e. The molecule has 0 fully saturated rings. The average Bonchev–Trinajstić information content (AvgIpc) is 3.08. The maximum Gasteiger partial charge on any atom is 0.307 e. The lowest BCUT2D eigenvalue weighted by atomic mass is 10.1. The van der Waals surface area contributed by atoms with Crippen LogP contribution in [0.1, 0.15) is 16.1 Å². The van der Waals surface area contributed by atoms with Gasteiger partial charge < -0.3 is 18.6 Å². The topological polar surface area (TPSA) is 82.3 Å². The number of carbonyl (C=O) groups excluding carboxylic acids is 1. The maximum atomic E-state index is 11.7. The smallest absolute Gasteiger partial charge is 0.307 e. The SMILES string of the molecule is COc1ccc(OC)c(OC)c1C=NNC(=O)c1ccco1. The lowest BCUT2D eigenvalue weighted by Crippen LogP contribution is -2.16. The van der Waals surface area contributed by atoms with Crippen molar-refractivity contribution in [1.29, 1.82) is 0 Å². The third kappa shape index (κ3) is 3.20. The van der Waals surface area contributed by atoms with Crippen LogP contribution in [0.25, 0.3) is 0 Å². The zero-order valence-corrected chi connectivity index (χ0v) is 12.5. The first-order valence-corrected chi connectivity index (χ1v) is 6.37. The molecule has 1 heterocycles. The minimum Gasteiger partial charge on any atom is -0.496 e. The van der Waals surface area contributed by atoms with E-state index in [1.807, 2.05) is 0 Å². The van der Waals surface area contributed by atoms with E-state index in [-0.39, 0.29) is 5.76 Å². The van der Waals surface area contributed by atoms with Gasteiger partial charge in [-0.25, -0.2) is 5.43 Å². The van der Waals surface area contributed by atoms with Crippen LogP contribution in [-0.2, 0) is 0 Å². The molecule has 22 heavy (non-hydrogen) atoms. The van der Waals surface area contributed by atoms with Crippen molar-refractivity contribution >= 4 is 12.1 Å². The van der Waals surface area contributed by atoms with Crippen molar-refractivity contribution in [2.45, 2.75) is 0 Å². The van der Waals surface area contributed by atoms with Crippen molar-refractivity contribution < 1.29 is 23.4 Å². The summed E-state index contributed by atoms with van der Waals surface area (Å²) in [4.78, 5) is 11.7. The third-order valence-corrected chi connectivity index (χ3v) is 2.87. The fourth-order valence-corrected chi connectivity index (χ4v) is 1.85. The van der Waals surface area contributed by atoms with Crippen LogP contribution in [-0.4, -0.2) is 33.5 Å². The normalized spacial score (nSPS) is 10.5. The van der Waals surface area contributed by atoms with E-state index >= 15 is 0 Å². The predicted octanol–water partition coefficient (Wildman–Crippen LogP) is 2.07. The highest BCUT2D eigenvalue weighted by atomic mass is 16.5. The van der Waals surface area contributed by atoms with Crippen LogP contribution in [0.5, 0.6) is 17.2 Å². The number of hydrogen-bond acceptors (Lipinski definition) is 6. The van der Waals surface area contributed by atoms with Gasteiger partial charge >= 0.3 is 5.91 Å². The van der Waals surface area contributed by atoms with Crippen LogP contribution >= 0.6 is 0 Å². The van der Waals surface area contributed by atoms with Gasteiger partial charge in [0, 0.05) is 0 Å². The Kier molecular flexibility index (Phi) is 5.02. The maximum absolute atomic E-state index is 11.7. The second-order valence-electron chi connectivity index (χ2n) is 4.09. The number of hydrazone groups is 1. The van der Waals surface area contributed by atoms with Crippen molar-refractivity contribution in [2.24, 2.45) is 5.10 Å². The second-order valence-corrected chi connectivity index (χ2v) is 4.09. The van der Waals surface area contributed by atoms with Gasteiger partial charge in [-0.3, -0.25) is 4.79 Å². The Morgan fingerprint density at radius 2 is 1.86 bits per heavy atom. The molecule has 1 aromatic carbocycles. The molecule has 0 radical (unpaired) electrons. The number of benzene rings is 1. The number of rotatable bonds is 6. The van der Waals surface area contributed by atoms with E-state index in [1.54, 1.807) is 18.2 Å². The molecule has 1 amide bonds. The van der Waals surface area contributed by atoms with E-state index in [0.717, 1.165) is 0 Å². The molecule has 0 spiro atoms. The Bertz CT molecular complexity index is 665. The van der Waals surface area contributed by atoms with Gasteiger partial charge in [-0.1, -0.05) is 0 Å². The summed E-state index contributed by atoms with van der Waals surface area (Å²) in [6, 6.07) is 6.60. The molecular formula is C15H16N2O5. The fourth-order valence-electron chi connectivity index (χ4n) is 1.85. The first kappa shape index (κ1) is 15.4. The molecule has 0 saturated carbocycles. The molecular weight excluding hydrogens is 288 g/mol. The molecule has 7 heteroatoms. The molecule has 2 aromatic rings. The highest BCUT2D eigenvalue weighted by molar-refractivity contribution is 5.93. The van der Waals surface area contributed by atoms with E-state index in [4.69, 9.17) is 18.6 Å². The van der Waals surface area contributed by atoms with E-state index in [0.29, 0.717) is 22.8 Å². The quantitative estimate of drug-likeness (QED) is 0.652. The van der Waals surface area contributed by atoms with E-state index < -0.39 is 5.91 Å². The van der Waals surface area contributed by atoms with Crippen molar-refractivity contribution in [3.8, 4) is 17.2 Å². The van der Waals surface area contributed by atoms with Gasteiger partial charge in [-0.05, 0) is 24.3 Å². The van der Waals surface area contributed by atoms with Gasteiger partial charge in [0.15, 0.2) is 17.3 Å². The summed E-state index contributed by atoms with van der Waals surface area (Å²) in [5.41, 5.74) is 2.90. The number of ether oxygens (including phenoxy) is 3. The highest BCUT2D eigenvalue weighted by Gasteiger charge is 2.14. The highest BCUT2D eigenvalue weighted by Crippen LogP contribution is 2.35. The van der Waals surface area contributed by atoms with Gasteiger partial charge in [-0.15, -0.1) is 0 Å². The van der Waals surface area contributed by atoms with Gasteiger partial charge in [0.05, 0.1) is 39.4 Å². The van der Waals surface area contributed by atoms with Crippen LogP contribution in [0.2, 0.25) is 0 Å². The van der Waals surface area contributed by atoms with E-state index in [1.165, 1.54) is 39.9 Å². The molecule has 2 rings (SSSR count). The summed E-state index contributed by atoms with van der Waals surface area (Å²) in [6.07, 6.45) is 2.83. The third-order valence-electron chi connectivity index (χ3n) is 2.87. The van der Waals surface area contributed by atoms with Crippen molar-refractivity contribution in [3.05, 3.63) is 41.9 Å². The number of nitrogens with zero attached hydrogens (tertiary/aromatic N) is 1. The lowest BCUT2D eigenvalue weighted by molar-refractivity contribution is 0.0927. The number of carbonyl (C=O) groups is 1. The summed E-state index contributed by atoms with van der Waals surface area (Å²) in [7, 11) is 4.57. The summed E-state index contributed by atoms with van der Waals surface area (Å²) >= 11 is 0. The van der Waals surface area contributed by atoms with Crippen molar-refractivity contribution in [2.75, 3.05) is 21.3 Å². The van der Waals surface area contributed by atoms with Gasteiger partial charge in [-0.2, -0.15) is 5.10 Å². The molecule has 1 aromatic heterocycles. The lowest BCUT2D eigenvalue weighted by Gasteiger charge is -2.13. The first-order valence-electron chi connectivity index (χ1n) is 6.37. The summed E-state index contributed by atoms with van der Waals surface area (Å²) in [5.74, 6) is 1.23. The van der Waals surface area contributed by atoms with Crippen LogP contribution < -0.4 is 19.6 Å². The number of methoxy groups -OCH3 is 3. The second kappa shape index (κ2) is 7.16. The van der Waals surface area contributed by atoms with Crippen LogP contribution in [0.3, 0.4) is 0 Å². The Labute approximate surface area is 127 Å². The monoisotopic (exact) mass is 304 g/mol. The summed E-state index contributed by atoms with van der Waals surface area (Å²) < 4.78 is 20.8. The van der Waals surface area contributed by atoms with E-state index in [9.17, 15) is 4.79 Å². The molecule has 0 aliphatic heterocycles. The minimum atomic E-state index is -0.456. The molecule has 116 valence electrons. The average molecular weight is 304 g/mol. The van der Waals surface area contributed by atoms with Crippen molar-refractivity contribution in [3.63, 3.8) is 0 Å². The van der Waals surface area contributed by atoms with Crippen molar-refractivity contribution in [1.82, 2.24) is 5.43 Å². The predicted molar refractivity (Wildman–Crippen MR) is 79.9 cm³/mol.